The Labute approximate surface area is 127 Å². The van der Waals surface area contributed by atoms with Crippen molar-refractivity contribution < 1.29 is 0 Å². The largest absolute Gasteiger partial charge is 0.228 e. The fourth-order valence-electron chi connectivity index (χ4n) is 2.21. The molecular formula is C16H12Cl2N2. The molecule has 0 fully saturated rings. The first-order valence-electron chi connectivity index (χ1n) is 6.26. The van der Waals surface area contributed by atoms with Gasteiger partial charge in [0.25, 0.3) is 0 Å². The van der Waals surface area contributed by atoms with E-state index in [2.05, 4.69) is 9.97 Å². The van der Waals surface area contributed by atoms with Gasteiger partial charge in [-0.3, -0.25) is 0 Å². The van der Waals surface area contributed by atoms with Gasteiger partial charge in [0.2, 0.25) is 0 Å². The first kappa shape index (κ1) is 13.3. The highest BCUT2D eigenvalue weighted by Crippen LogP contribution is 2.30. The summed E-state index contributed by atoms with van der Waals surface area (Å²) >= 11 is 12.5. The van der Waals surface area contributed by atoms with E-state index in [4.69, 9.17) is 23.2 Å². The molecule has 100 valence electrons. The third-order valence-electron chi connectivity index (χ3n) is 3.39. The van der Waals surface area contributed by atoms with Crippen molar-refractivity contribution in [1.82, 2.24) is 9.97 Å². The Morgan fingerprint density at radius 3 is 2.40 bits per heavy atom. The molecule has 0 spiro atoms. The van der Waals surface area contributed by atoms with Crippen LogP contribution in [0.25, 0.3) is 22.3 Å². The number of fused-ring (bicyclic) bond motifs is 1. The Morgan fingerprint density at radius 2 is 1.65 bits per heavy atom. The Morgan fingerprint density at radius 1 is 0.900 bits per heavy atom. The summed E-state index contributed by atoms with van der Waals surface area (Å²) in [6.07, 6.45) is 0. The van der Waals surface area contributed by atoms with Crippen molar-refractivity contribution in [2.45, 2.75) is 13.8 Å². The van der Waals surface area contributed by atoms with E-state index in [-0.39, 0.29) is 0 Å². The van der Waals surface area contributed by atoms with E-state index in [0.29, 0.717) is 16.0 Å². The first-order chi connectivity index (χ1) is 9.58. The van der Waals surface area contributed by atoms with Crippen molar-refractivity contribution in [3.05, 3.63) is 57.7 Å². The topological polar surface area (TPSA) is 25.8 Å². The van der Waals surface area contributed by atoms with Gasteiger partial charge in [0.05, 0.1) is 5.52 Å². The molecule has 0 saturated carbocycles. The van der Waals surface area contributed by atoms with Crippen LogP contribution in [-0.4, -0.2) is 9.97 Å². The molecule has 20 heavy (non-hydrogen) atoms. The van der Waals surface area contributed by atoms with E-state index >= 15 is 0 Å². The fraction of sp³-hybridized carbons (Fsp3) is 0.125. The molecular weight excluding hydrogens is 291 g/mol. The van der Waals surface area contributed by atoms with E-state index in [9.17, 15) is 0 Å². The molecule has 0 saturated heterocycles. The second-order valence-corrected chi connectivity index (χ2v) is 5.49. The predicted octanol–water partition coefficient (Wildman–Crippen LogP) is 5.22. The molecule has 0 amide bonds. The zero-order chi connectivity index (χ0) is 14.3. The Bertz CT molecular complexity index is 813. The van der Waals surface area contributed by atoms with Gasteiger partial charge in [-0.1, -0.05) is 47.5 Å². The van der Waals surface area contributed by atoms with Crippen molar-refractivity contribution in [3.8, 4) is 11.4 Å². The molecule has 0 unspecified atom stereocenters. The van der Waals surface area contributed by atoms with Crippen molar-refractivity contribution in [2.24, 2.45) is 0 Å². The van der Waals surface area contributed by atoms with Crippen molar-refractivity contribution in [2.75, 3.05) is 0 Å². The van der Waals surface area contributed by atoms with Crippen LogP contribution in [0.2, 0.25) is 10.2 Å². The third-order valence-corrected chi connectivity index (χ3v) is 4.09. The lowest BCUT2D eigenvalue weighted by Crippen LogP contribution is -1.95. The van der Waals surface area contributed by atoms with E-state index in [1.54, 1.807) is 0 Å². The quantitative estimate of drug-likeness (QED) is 0.576. The van der Waals surface area contributed by atoms with Gasteiger partial charge < -0.3 is 0 Å². The SMILES string of the molecule is Cc1ccccc1-c1nc(Cl)c2ccc(Cl)c(C)c2n1. The number of hydrogen-bond donors (Lipinski definition) is 0. The van der Waals surface area contributed by atoms with Gasteiger partial charge in [-0.15, -0.1) is 0 Å². The second kappa shape index (κ2) is 5.04. The van der Waals surface area contributed by atoms with Crippen molar-refractivity contribution in [3.63, 3.8) is 0 Å². The number of halogens is 2. The van der Waals surface area contributed by atoms with Gasteiger partial charge >= 0.3 is 0 Å². The summed E-state index contributed by atoms with van der Waals surface area (Å²) in [5, 5.41) is 1.96. The standard InChI is InChI=1S/C16H12Cl2N2/c1-9-5-3-4-6-11(9)16-19-14-10(2)13(17)8-7-12(14)15(18)20-16/h3-8H,1-2H3. The van der Waals surface area contributed by atoms with E-state index in [1.165, 1.54) is 0 Å². The summed E-state index contributed by atoms with van der Waals surface area (Å²) in [5.74, 6) is 0.631. The van der Waals surface area contributed by atoms with Gasteiger partial charge in [-0.05, 0) is 37.1 Å². The molecule has 0 bridgehead atoms. The maximum Gasteiger partial charge on any atom is 0.161 e. The zero-order valence-corrected chi connectivity index (χ0v) is 12.6. The molecule has 0 N–H and O–H groups in total. The van der Waals surface area contributed by atoms with Crippen LogP contribution >= 0.6 is 23.2 Å². The number of hydrogen-bond acceptors (Lipinski definition) is 2. The molecule has 2 nitrogen and oxygen atoms in total. The monoisotopic (exact) mass is 302 g/mol. The molecule has 1 heterocycles. The molecule has 0 atom stereocenters. The average molecular weight is 303 g/mol. The first-order valence-corrected chi connectivity index (χ1v) is 7.02. The van der Waals surface area contributed by atoms with Crippen LogP contribution in [0, 0.1) is 13.8 Å². The summed E-state index contributed by atoms with van der Waals surface area (Å²) in [4.78, 5) is 9.06. The average Bonchev–Trinajstić information content (AvgIpc) is 2.43. The molecule has 2 aromatic carbocycles. The Hall–Kier alpha value is -1.64. The van der Waals surface area contributed by atoms with E-state index in [1.807, 2.05) is 50.2 Å². The predicted molar refractivity (Wildman–Crippen MR) is 84.5 cm³/mol. The minimum Gasteiger partial charge on any atom is -0.228 e. The molecule has 0 aliphatic carbocycles. The van der Waals surface area contributed by atoms with Gasteiger partial charge in [-0.25, -0.2) is 9.97 Å². The molecule has 0 aliphatic rings. The highest BCUT2D eigenvalue weighted by atomic mass is 35.5. The molecule has 1 aromatic heterocycles. The summed E-state index contributed by atoms with van der Waals surface area (Å²) in [6.45, 7) is 3.97. The van der Waals surface area contributed by atoms with Crippen LogP contribution in [0.3, 0.4) is 0 Å². The summed E-state index contributed by atoms with van der Waals surface area (Å²) in [5.41, 5.74) is 3.82. The summed E-state index contributed by atoms with van der Waals surface area (Å²) in [6, 6.07) is 11.7. The van der Waals surface area contributed by atoms with Gasteiger partial charge in [0, 0.05) is 16.0 Å². The molecule has 0 radical (unpaired) electrons. The zero-order valence-electron chi connectivity index (χ0n) is 11.1. The van der Waals surface area contributed by atoms with E-state index in [0.717, 1.165) is 27.6 Å². The third kappa shape index (κ3) is 2.15. The maximum atomic E-state index is 6.29. The lowest BCUT2D eigenvalue weighted by atomic mass is 10.1. The van der Waals surface area contributed by atoms with Crippen LogP contribution < -0.4 is 0 Å². The minimum atomic E-state index is 0.452. The number of benzene rings is 2. The molecule has 3 aromatic rings. The normalized spacial score (nSPS) is 11.0. The number of aromatic nitrogens is 2. The number of nitrogens with zero attached hydrogens (tertiary/aromatic N) is 2. The Kier molecular flexibility index (Phi) is 3.36. The van der Waals surface area contributed by atoms with Crippen LogP contribution in [0.4, 0.5) is 0 Å². The molecule has 4 heteroatoms. The molecule has 0 aliphatic heterocycles. The van der Waals surface area contributed by atoms with Gasteiger partial charge in [-0.2, -0.15) is 0 Å². The Balaban J connectivity index is 2.34. The van der Waals surface area contributed by atoms with Crippen molar-refractivity contribution in [1.29, 1.82) is 0 Å². The smallest absolute Gasteiger partial charge is 0.161 e. The van der Waals surface area contributed by atoms with Crippen LogP contribution in [0.15, 0.2) is 36.4 Å². The van der Waals surface area contributed by atoms with Crippen LogP contribution in [-0.2, 0) is 0 Å². The second-order valence-electron chi connectivity index (χ2n) is 4.72. The van der Waals surface area contributed by atoms with Crippen LogP contribution in [0.5, 0.6) is 0 Å². The lowest BCUT2D eigenvalue weighted by Gasteiger charge is -2.09. The minimum absolute atomic E-state index is 0.452. The lowest BCUT2D eigenvalue weighted by molar-refractivity contribution is 1.21. The van der Waals surface area contributed by atoms with Gasteiger partial charge in [0.1, 0.15) is 5.15 Å². The number of rotatable bonds is 1. The molecule has 3 rings (SSSR count). The number of aryl methyl sites for hydroxylation is 2. The van der Waals surface area contributed by atoms with Crippen molar-refractivity contribution >= 4 is 34.1 Å². The van der Waals surface area contributed by atoms with Crippen LogP contribution in [0.1, 0.15) is 11.1 Å². The highest BCUT2D eigenvalue weighted by Gasteiger charge is 2.12. The van der Waals surface area contributed by atoms with E-state index < -0.39 is 0 Å². The fourth-order valence-corrected chi connectivity index (χ4v) is 2.60. The van der Waals surface area contributed by atoms with Gasteiger partial charge in [0.15, 0.2) is 5.82 Å². The summed E-state index contributed by atoms with van der Waals surface area (Å²) < 4.78 is 0. The summed E-state index contributed by atoms with van der Waals surface area (Å²) in [7, 11) is 0. The maximum absolute atomic E-state index is 6.29. The highest BCUT2D eigenvalue weighted by molar-refractivity contribution is 6.35.